The Morgan fingerprint density at radius 1 is 1.27 bits per heavy atom. The van der Waals surface area contributed by atoms with Crippen molar-refractivity contribution in [3.63, 3.8) is 0 Å². The van der Waals surface area contributed by atoms with Gasteiger partial charge in [0.25, 0.3) is 5.69 Å². The van der Waals surface area contributed by atoms with Crippen molar-refractivity contribution in [2.45, 2.75) is 13.0 Å². The summed E-state index contributed by atoms with van der Waals surface area (Å²) in [5.74, 6) is 0.537. The number of benzene rings is 1. The van der Waals surface area contributed by atoms with Crippen molar-refractivity contribution in [3.8, 4) is 17.9 Å². The monoisotopic (exact) mass is 297 g/mol. The average molecular weight is 297 g/mol. The summed E-state index contributed by atoms with van der Waals surface area (Å²) in [4.78, 5) is 13.9. The average Bonchev–Trinajstić information content (AvgIpc) is 2.94. The number of nitro benzene ring substituents is 1. The smallest absolute Gasteiger partial charge is 0.269 e. The molecule has 0 aliphatic rings. The highest BCUT2D eigenvalue weighted by Crippen LogP contribution is 2.17. The number of hydrogen-bond donors (Lipinski definition) is 0. The fourth-order valence-corrected chi connectivity index (χ4v) is 1.84. The fraction of sp³-hybridized carbons (Fsp3) is 0.214. The highest BCUT2D eigenvalue weighted by atomic mass is 16.6. The van der Waals surface area contributed by atoms with Crippen molar-refractivity contribution in [2.75, 3.05) is 6.61 Å². The molecule has 1 heterocycles. The van der Waals surface area contributed by atoms with Gasteiger partial charge in [-0.15, -0.1) is 0 Å². The number of hydrogen-bond acceptors (Lipinski definition) is 6. The molecule has 0 unspecified atom stereocenters. The topological polar surface area (TPSA) is 118 Å². The van der Waals surface area contributed by atoms with Gasteiger partial charge in [0.05, 0.1) is 17.9 Å². The molecule has 0 bridgehead atoms. The number of non-ortho nitro benzene ring substituents is 1. The molecule has 1 aromatic heterocycles. The van der Waals surface area contributed by atoms with E-state index >= 15 is 0 Å². The van der Waals surface area contributed by atoms with Crippen LogP contribution in [-0.2, 0) is 6.54 Å². The van der Waals surface area contributed by atoms with Gasteiger partial charge < -0.3 is 9.30 Å². The summed E-state index contributed by atoms with van der Waals surface area (Å²) in [6.07, 6.45) is 2.05. The van der Waals surface area contributed by atoms with Crippen LogP contribution in [0.15, 0.2) is 30.6 Å². The molecule has 0 atom stereocenters. The van der Waals surface area contributed by atoms with Gasteiger partial charge in [-0.25, -0.2) is 4.98 Å². The Labute approximate surface area is 126 Å². The lowest BCUT2D eigenvalue weighted by atomic mass is 10.3. The molecular formula is C14H11N5O3. The van der Waals surface area contributed by atoms with Gasteiger partial charge in [-0.05, 0) is 18.6 Å². The van der Waals surface area contributed by atoms with Gasteiger partial charge in [0.1, 0.15) is 17.9 Å². The number of nitrogens with zero attached hydrogens (tertiary/aromatic N) is 5. The lowest BCUT2D eigenvalue weighted by Crippen LogP contribution is -2.05. The van der Waals surface area contributed by atoms with Crippen LogP contribution in [0, 0.1) is 32.8 Å². The van der Waals surface area contributed by atoms with Crippen LogP contribution in [0.4, 0.5) is 5.69 Å². The molecule has 2 rings (SSSR count). The summed E-state index contributed by atoms with van der Waals surface area (Å²) in [7, 11) is 0. The maximum absolute atomic E-state index is 10.5. The molecule has 0 amide bonds. The number of aromatic nitrogens is 2. The third-order valence-electron chi connectivity index (χ3n) is 2.91. The first kappa shape index (κ1) is 15.0. The Kier molecular flexibility index (Phi) is 4.68. The van der Waals surface area contributed by atoms with Crippen LogP contribution in [0.5, 0.6) is 5.75 Å². The SMILES string of the molecule is N#Cc1ncn(CCCOc2ccc([N+](=O)[O-])cc2)c1C#N. The van der Waals surface area contributed by atoms with Crippen LogP contribution < -0.4 is 4.74 Å². The zero-order valence-corrected chi connectivity index (χ0v) is 11.5. The Morgan fingerprint density at radius 3 is 2.59 bits per heavy atom. The minimum atomic E-state index is -0.473. The molecule has 2 aromatic rings. The molecule has 0 spiro atoms. The van der Waals surface area contributed by atoms with E-state index in [-0.39, 0.29) is 17.1 Å². The first-order valence-corrected chi connectivity index (χ1v) is 6.38. The van der Waals surface area contributed by atoms with Gasteiger partial charge >= 0.3 is 0 Å². The largest absolute Gasteiger partial charge is 0.494 e. The van der Waals surface area contributed by atoms with Gasteiger partial charge in [-0.2, -0.15) is 10.5 Å². The van der Waals surface area contributed by atoms with E-state index in [2.05, 4.69) is 4.98 Å². The van der Waals surface area contributed by atoms with Crippen molar-refractivity contribution < 1.29 is 9.66 Å². The molecule has 0 fully saturated rings. The molecule has 1 aromatic carbocycles. The highest BCUT2D eigenvalue weighted by molar-refractivity contribution is 5.36. The molecule has 0 radical (unpaired) electrons. The third-order valence-corrected chi connectivity index (χ3v) is 2.91. The van der Waals surface area contributed by atoms with Gasteiger partial charge in [0.2, 0.25) is 0 Å². The summed E-state index contributed by atoms with van der Waals surface area (Å²) in [6.45, 7) is 0.868. The summed E-state index contributed by atoms with van der Waals surface area (Å²) in [6, 6.07) is 9.61. The summed E-state index contributed by atoms with van der Waals surface area (Å²) in [5.41, 5.74) is 0.352. The molecular weight excluding hydrogens is 286 g/mol. The minimum Gasteiger partial charge on any atom is -0.494 e. The molecule has 0 saturated heterocycles. The predicted octanol–water partition coefficient (Wildman–Crippen LogP) is 2.00. The number of nitro groups is 1. The number of ether oxygens (including phenoxy) is 1. The molecule has 0 saturated carbocycles. The van der Waals surface area contributed by atoms with Gasteiger partial charge in [-0.3, -0.25) is 10.1 Å². The third kappa shape index (κ3) is 3.38. The van der Waals surface area contributed by atoms with E-state index in [0.717, 1.165) is 0 Å². The fourth-order valence-electron chi connectivity index (χ4n) is 1.84. The van der Waals surface area contributed by atoms with Crippen molar-refractivity contribution in [1.29, 1.82) is 10.5 Å². The van der Waals surface area contributed by atoms with Crippen LogP contribution in [0.3, 0.4) is 0 Å². The van der Waals surface area contributed by atoms with Crippen LogP contribution in [-0.4, -0.2) is 21.1 Å². The maximum atomic E-state index is 10.5. The highest BCUT2D eigenvalue weighted by Gasteiger charge is 2.09. The van der Waals surface area contributed by atoms with E-state index in [0.29, 0.717) is 25.3 Å². The van der Waals surface area contributed by atoms with E-state index in [4.69, 9.17) is 15.3 Å². The van der Waals surface area contributed by atoms with E-state index < -0.39 is 4.92 Å². The molecule has 0 N–H and O–H groups in total. The molecule has 8 heteroatoms. The van der Waals surface area contributed by atoms with Crippen molar-refractivity contribution in [3.05, 3.63) is 52.1 Å². The zero-order chi connectivity index (χ0) is 15.9. The van der Waals surface area contributed by atoms with E-state index in [1.54, 1.807) is 4.57 Å². The lowest BCUT2D eigenvalue weighted by Gasteiger charge is -2.07. The van der Waals surface area contributed by atoms with Crippen LogP contribution in [0.25, 0.3) is 0 Å². The second kappa shape index (κ2) is 6.86. The molecule has 0 aliphatic carbocycles. The van der Waals surface area contributed by atoms with Gasteiger partial charge in [-0.1, -0.05) is 0 Å². The van der Waals surface area contributed by atoms with Crippen molar-refractivity contribution in [1.82, 2.24) is 9.55 Å². The van der Waals surface area contributed by atoms with Crippen molar-refractivity contribution in [2.24, 2.45) is 0 Å². The van der Waals surface area contributed by atoms with Gasteiger partial charge in [0, 0.05) is 18.7 Å². The first-order chi connectivity index (χ1) is 10.7. The summed E-state index contributed by atoms with van der Waals surface area (Å²) in [5, 5.41) is 28.3. The van der Waals surface area contributed by atoms with Crippen LogP contribution in [0.1, 0.15) is 17.8 Å². The number of nitriles is 2. The Bertz CT molecular complexity index is 752. The maximum Gasteiger partial charge on any atom is 0.269 e. The normalized spacial score (nSPS) is 9.73. The lowest BCUT2D eigenvalue weighted by molar-refractivity contribution is -0.384. The summed E-state index contributed by atoms with van der Waals surface area (Å²) < 4.78 is 7.06. The van der Waals surface area contributed by atoms with Crippen LogP contribution in [0.2, 0.25) is 0 Å². The molecule has 110 valence electrons. The molecule has 8 nitrogen and oxygen atoms in total. The number of imidazole rings is 1. The van der Waals surface area contributed by atoms with E-state index in [9.17, 15) is 10.1 Å². The Morgan fingerprint density at radius 2 is 2.00 bits per heavy atom. The first-order valence-electron chi connectivity index (χ1n) is 6.38. The van der Waals surface area contributed by atoms with Gasteiger partial charge in [0.15, 0.2) is 11.4 Å². The quantitative estimate of drug-likeness (QED) is 0.457. The summed E-state index contributed by atoms with van der Waals surface area (Å²) >= 11 is 0. The van der Waals surface area contributed by atoms with E-state index in [1.165, 1.54) is 30.6 Å². The standard InChI is InChI=1S/C14H11N5O3/c15-8-13-14(9-16)18(10-17-13)6-1-7-22-12-4-2-11(3-5-12)19(20)21/h2-5,10H,1,6-7H2. The second-order valence-corrected chi connectivity index (χ2v) is 4.31. The Balaban J connectivity index is 1.85. The number of aryl methyl sites for hydroxylation is 1. The predicted molar refractivity (Wildman–Crippen MR) is 74.9 cm³/mol. The van der Waals surface area contributed by atoms with E-state index in [1.807, 2.05) is 12.1 Å². The minimum absolute atomic E-state index is 0.00783. The zero-order valence-electron chi connectivity index (χ0n) is 11.5. The Hall–Kier alpha value is -3.39. The molecule has 22 heavy (non-hydrogen) atoms. The van der Waals surface area contributed by atoms with Crippen LogP contribution >= 0.6 is 0 Å². The van der Waals surface area contributed by atoms with Crippen molar-refractivity contribution >= 4 is 5.69 Å². The molecule has 0 aliphatic heterocycles. The number of rotatable bonds is 6. The second-order valence-electron chi connectivity index (χ2n) is 4.31.